The van der Waals surface area contributed by atoms with Crippen LogP contribution in [0.3, 0.4) is 0 Å². The van der Waals surface area contributed by atoms with Crippen molar-refractivity contribution in [1.82, 2.24) is 0 Å². The second kappa shape index (κ2) is 24.8. The largest absolute Gasteiger partial charge is 0.487 e. The zero-order chi connectivity index (χ0) is 54.4. The Kier molecular flexibility index (Phi) is 20.0. The zero-order valence-corrected chi connectivity index (χ0v) is 49.9. The molecule has 9 atom stereocenters. The molecule has 2 fully saturated rings. The molecule has 410 valence electrons. The van der Waals surface area contributed by atoms with Crippen LogP contribution < -0.4 is 9.47 Å². The van der Waals surface area contributed by atoms with E-state index in [1.54, 1.807) is 0 Å². The summed E-state index contributed by atoms with van der Waals surface area (Å²) in [6, 6.07) is 0. The first-order chi connectivity index (χ1) is 34.7. The maximum Gasteiger partial charge on any atom is 0.127 e. The van der Waals surface area contributed by atoms with Crippen molar-refractivity contribution in [2.75, 3.05) is 0 Å². The molecule has 0 radical (unpaired) electrons. The van der Waals surface area contributed by atoms with E-state index in [1.807, 2.05) is 0 Å². The summed E-state index contributed by atoms with van der Waals surface area (Å²) < 4.78 is 21.1. The van der Waals surface area contributed by atoms with Crippen LogP contribution in [0.2, 0.25) is 0 Å². The van der Waals surface area contributed by atoms with E-state index in [2.05, 4.69) is 191 Å². The van der Waals surface area contributed by atoms with E-state index in [9.17, 15) is 10.2 Å². The molecule has 5 nitrogen and oxygen atoms in total. The lowest BCUT2D eigenvalue weighted by Gasteiger charge is -2.41. The minimum Gasteiger partial charge on any atom is -0.487 e. The molecule has 74 heavy (non-hydrogen) atoms. The molecule has 5 heteroatoms. The SMILES string of the molecule is CC1=C(/C=C/C(C)=C/C=C/C(C)=C/C=C/C=C(\C)C2Oc3c(C)c(C)c4c(c3CC2/C=C(C)\C=C\[C@@]23O[C@]2(C)C[C@@H](O)CC3(C)C)CC[C@@](C)(CCC[C@H](C)CCC[C@H](C)CCCC(C)C)O4)C(C)(C)C[C@H](O)C1. The first-order valence-electron chi connectivity index (χ1n) is 29.4. The highest BCUT2D eigenvalue weighted by atomic mass is 16.6. The minimum atomic E-state index is -0.382. The van der Waals surface area contributed by atoms with Gasteiger partial charge in [0.15, 0.2) is 0 Å². The van der Waals surface area contributed by atoms with E-state index in [4.69, 9.17) is 14.2 Å². The molecule has 2 N–H and O–H groups in total. The minimum absolute atomic E-state index is 0.0268. The van der Waals surface area contributed by atoms with Crippen molar-refractivity contribution in [2.24, 2.45) is 34.5 Å². The monoisotopic (exact) mass is 1010 g/mol. The van der Waals surface area contributed by atoms with Gasteiger partial charge in [0.2, 0.25) is 0 Å². The Morgan fingerprint density at radius 3 is 1.95 bits per heavy atom. The molecule has 0 bridgehead atoms. The van der Waals surface area contributed by atoms with Crippen molar-refractivity contribution in [3.63, 3.8) is 0 Å². The van der Waals surface area contributed by atoms with E-state index in [0.29, 0.717) is 6.42 Å². The second-order valence-electron chi connectivity index (χ2n) is 26.9. The number of fused-ring (bicyclic) bond motifs is 4. The number of epoxide rings is 1. The average Bonchev–Trinajstić information content (AvgIpc) is 3.93. The van der Waals surface area contributed by atoms with E-state index in [0.717, 1.165) is 74.2 Å². The summed E-state index contributed by atoms with van der Waals surface area (Å²) in [7, 11) is 0. The van der Waals surface area contributed by atoms with Gasteiger partial charge in [-0.1, -0.05) is 189 Å². The summed E-state index contributed by atoms with van der Waals surface area (Å²) in [5, 5.41) is 21.0. The zero-order valence-electron chi connectivity index (χ0n) is 49.9. The van der Waals surface area contributed by atoms with Gasteiger partial charge in [0, 0.05) is 28.9 Å². The molecule has 6 rings (SSSR count). The smallest absolute Gasteiger partial charge is 0.127 e. The fourth-order valence-corrected chi connectivity index (χ4v) is 13.7. The summed E-state index contributed by atoms with van der Waals surface area (Å²) in [5.41, 5.74) is 11.4. The Balaban J connectivity index is 1.17. The van der Waals surface area contributed by atoms with Gasteiger partial charge in [-0.2, -0.15) is 0 Å². The van der Waals surface area contributed by atoms with E-state index >= 15 is 0 Å². The Morgan fingerprint density at radius 1 is 0.662 bits per heavy atom. The summed E-state index contributed by atoms with van der Waals surface area (Å²) in [6.45, 7) is 38.4. The van der Waals surface area contributed by atoms with Gasteiger partial charge in [-0.05, 0) is 165 Å². The first kappa shape index (κ1) is 59.6. The summed E-state index contributed by atoms with van der Waals surface area (Å²) >= 11 is 0. The Labute approximate surface area is 452 Å². The number of allylic oxidation sites excluding steroid dienone is 14. The normalized spacial score (nSPS) is 30.3. The molecule has 1 aromatic rings. The lowest BCUT2D eigenvalue weighted by atomic mass is 9.63. The molecule has 2 aliphatic carbocycles. The van der Waals surface area contributed by atoms with Crippen molar-refractivity contribution in [2.45, 2.75) is 256 Å². The number of benzene rings is 1. The van der Waals surface area contributed by atoms with Gasteiger partial charge in [-0.3, -0.25) is 0 Å². The van der Waals surface area contributed by atoms with Crippen LogP contribution in [0.1, 0.15) is 216 Å². The highest BCUT2D eigenvalue weighted by Gasteiger charge is 2.74. The Morgan fingerprint density at radius 2 is 1.28 bits per heavy atom. The maximum atomic E-state index is 10.7. The van der Waals surface area contributed by atoms with Gasteiger partial charge in [0.25, 0.3) is 0 Å². The number of aliphatic hydroxyl groups excluding tert-OH is 2. The fourth-order valence-electron chi connectivity index (χ4n) is 13.7. The molecule has 0 amide bonds. The molecule has 0 aromatic heterocycles. The number of ether oxygens (including phenoxy) is 3. The third-order valence-corrected chi connectivity index (χ3v) is 18.3. The van der Waals surface area contributed by atoms with Gasteiger partial charge in [-0.25, -0.2) is 0 Å². The summed E-state index contributed by atoms with van der Waals surface area (Å²) in [6.07, 6.45) is 43.5. The molecule has 1 aromatic carbocycles. The molecule has 3 aliphatic heterocycles. The van der Waals surface area contributed by atoms with E-state index in [-0.39, 0.29) is 51.9 Å². The lowest BCUT2D eigenvalue weighted by Crippen LogP contribution is -2.46. The highest BCUT2D eigenvalue weighted by Crippen LogP contribution is 2.66. The number of rotatable bonds is 22. The predicted molar refractivity (Wildman–Crippen MR) is 314 cm³/mol. The molecular formula is C69H104O5. The molecule has 2 unspecified atom stereocenters. The first-order valence-corrected chi connectivity index (χ1v) is 29.4. The molecule has 1 saturated carbocycles. The van der Waals surface area contributed by atoms with E-state index in [1.165, 1.54) is 107 Å². The third-order valence-electron chi connectivity index (χ3n) is 18.3. The van der Waals surface area contributed by atoms with Crippen LogP contribution in [0.4, 0.5) is 0 Å². The molecule has 3 heterocycles. The van der Waals surface area contributed by atoms with Crippen molar-refractivity contribution in [1.29, 1.82) is 0 Å². The fraction of sp³-hybridized carbons (Fsp3) is 0.652. The number of aliphatic hydroxyl groups is 2. The number of hydrogen-bond acceptors (Lipinski definition) is 5. The van der Waals surface area contributed by atoms with Crippen LogP contribution >= 0.6 is 0 Å². The Hall–Kier alpha value is -3.64. The highest BCUT2D eigenvalue weighted by molar-refractivity contribution is 5.61. The predicted octanol–water partition coefficient (Wildman–Crippen LogP) is 18.0. The van der Waals surface area contributed by atoms with Crippen LogP contribution in [0.15, 0.2) is 106 Å². The van der Waals surface area contributed by atoms with Crippen LogP contribution in [0.25, 0.3) is 0 Å². The second-order valence-corrected chi connectivity index (χ2v) is 26.9. The maximum absolute atomic E-state index is 10.7. The van der Waals surface area contributed by atoms with Gasteiger partial charge in [-0.15, -0.1) is 0 Å². The number of hydrogen-bond donors (Lipinski definition) is 2. The standard InChI is InChI=1S/C69H104O5/c1-46(2)24-20-26-48(4)28-21-29-49(5)31-23-37-67(16)38-36-59-60-42-56(40-51(7)35-39-69-66(14,15)44-58(71)45-68(69,17)74-69)62(72-63(60)54(10)55(11)64(59)73-67)52(8)32-19-18-25-47(3)27-22-30-50(6)33-34-61-53(9)41-57(70)43-65(61,12)13/h18-19,22,25,27,30,32-35,39-40,46,48-49,56-58,62,70-71H,20-21,23-24,26,28-29,31,36-38,41-45H2,1-17H3/b19-18+,27-22+,34-33+,39-35+,47-25+,50-30+,51-40-,52-32+/t48-,49-,56?,57-,58+,62?,67-,68-,69+/m1/s1. The van der Waals surface area contributed by atoms with Gasteiger partial charge < -0.3 is 24.4 Å². The van der Waals surface area contributed by atoms with Crippen molar-refractivity contribution >= 4 is 0 Å². The Bertz CT molecular complexity index is 2410. The average molecular weight is 1010 g/mol. The van der Waals surface area contributed by atoms with Crippen molar-refractivity contribution in [3.05, 3.63) is 129 Å². The van der Waals surface area contributed by atoms with E-state index < -0.39 is 0 Å². The molecular weight excluding hydrogens is 909 g/mol. The van der Waals surface area contributed by atoms with Gasteiger partial charge in [0.1, 0.15) is 34.4 Å². The van der Waals surface area contributed by atoms with Crippen LogP contribution in [-0.4, -0.2) is 45.3 Å². The van der Waals surface area contributed by atoms with Crippen molar-refractivity contribution < 1.29 is 24.4 Å². The summed E-state index contributed by atoms with van der Waals surface area (Å²) in [4.78, 5) is 0. The van der Waals surface area contributed by atoms with Crippen molar-refractivity contribution in [3.8, 4) is 11.5 Å². The molecule has 5 aliphatic rings. The topological polar surface area (TPSA) is 71.5 Å². The third kappa shape index (κ3) is 14.7. The summed E-state index contributed by atoms with van der Waals surface area (Å²) in [5.74, 6) is 4.69. The molecule has 0 spiro atoms. The van der Waals surface area contributed by atoms with Gasteiger partial charge in [0.05, 0.1) is 12.2 Å². The molecule has 1 saturated heterocycles. The van der Waals surface area contributed by atoms with Crippen LogP contribution in [0, 0.1) is 48.3 Å². The van der Waals surface area contributed by atoms with Gasteiger partial charge >= 0.3 is 0 Å². The quantitative estimate of drug-likeness (QED) is 0.0894. The van der Waals surface area contributed by atoms with Crippen LogP contribution in [0.5, 0.6) is 11.5 Å². The lowest BCUT2D eigenvalue weighted by molar-refractivity contribution is 0.0502. The van der Waals surface area contributed by atoms with Crippen LogP contribution in [-0.2, 0) is 17.6 Å².